The van der Waals surface area contributed by atoms with E-state index < -0.39 is 11.8 Å². The highest BCUT2D eigenvalue weighted by Crippen LogP contribution is 2.30. The highest BCUT2D eigenvalue weighted by molar-refractivity contribution is 6.39. The molecular formula is C20H15N3O3. The fraction of sp³-hybridized carbons (Fsp3) is 0.0500. The Morgan fingerprint density at radius 1 is 0.885 bits per heavy atom. The second-order valence-electron chi connectivity index (χ2n) is 5.77. The van der Waals surface area contributed by atoms with Gasteiger partial charge in [0.05, 0.1) is 12.2 Å². The van der Waals surface area contributed by atoms with Gasteiger partial charge >= 0.3 is 11.8 Å². The van der Waals surface area contributed by atoms with Crippen molar-refractivity contribution >= 4 is 39.4 Å². The Kier molecular flexibility index (Phi) is 4.07. The maximum atomic E-state index is 12.1. The van der Waals surface area contributed by atoms with Gasteiger partial charge in [-0.05, 0) is 30.3 Å². The molecule has 0 atom stereocenters. The SMILES string of the molecule is O=C(NCc1ccccn1)C(=O)Nc1ccc2c(c1)oc1ccccc12. The maximum absolute atomic E-state index is 12.1. The highest BCUT2D eigenvalue weighted by Gasteiger charge is 2.14. The third-order valence-electron chi connectivity index (χ3n) is 4.00. The first-order chi connectivity index (χ1) is 12.7. The van der Waals surface area contributed by atoms with Crippen LogP contribution >= 0.6 is 0 Å². The third kappa shape index (κ3) is 3.12. The van der Waals surface area contributed by atoms with Gasteiger partial charge in [0, 0.05) is 28.7 Å². The van der Waals surface area contributed by atoms with E-state index in [1.165, 1.54) is 0 Å². The van der Waals surface area contributed by atoms with E-state index in [1.54, 1.807) is 30.5 Å². The highest BCUT2D eigenvalue weighted by atomic mass is 16.3. The summed E-state index contributed by atoms with van der Waals surface area (Å²) in [6.45, 7) is 0.190. The van der Waals surface area contributed by atoms with Crippen molar-refractivity contribution < 1.29 is 14.0 Å². The van der Waals surface area contributed by atoms with Crippen LogP contribution in [0.3, 0.4) is 0 Å². The van der Waals surface area contributed by atoms with Crippen molar-refractivity contribution in [2.75, 3.05) is 5.32 Å². The molecule has 6 nitrogen and oxygen atoms in total. The van der Waals surface area contributed by atoms with E-state index in [1.807, 2.05) is 36.4 Å². The molecule has 128 valence electrons. The Hall–Kier alpha value is -3.67. The number of anilines is 1. The molecule has 2 N–H and O–H groups in total. The first-order valence-corrected chi connectivity index (χ1v) is 8.11. The lowest BCUT2D eigenvalue weighted by Gasteiger charge is -2.06. The van der Waals surface area contributed by atoms with Crippen LogP contribution in [0.2, 0.25) is 0 Å². The Morgan fingerprint density at radius 2 is 1.69 bits per heavy atom. The summed E-state index contributed by atoms with van der Waals surface area (Å²) in [5, 5.41) is 7.09. The minimum atomic E-state index is -0.739. The molecule has 0 aliphatic carbocycles. The number of nitrogens with zero attached hydrogens (tertiary/aromatic N) is 1. The molecule has 0 aliphatic rings. The first-order valence-electron chi connectivity index (χ1n) is 8.11. The molecule has 2 aromatic heterocycles. The van der Waals surface area contributed by atoms with E-state index in [9.17, 15) is 9.59 Å². The molecule has 6 heteroatoms. The summed E-state index contributed by atoms with van der Waals surface area (Å²) in [6.07, 6.45) is 1.63. The average Bonchev–Trinajstić information content (AvgIpc) is 3.04. The molecule has 2 aromatic carbocycles. The molecule has 0 aliphatic heterocycles. The number of aromatic nitrogens is 1. The normalized spacial score (nSPS) is 10.8. The predicted molar refractivity (Wildman–Crippen MR) is 98.4 cm³/mol. The molecule has 26 heavy (non-hydrogen) atoms. The quantitative estimate of drug-likeness (QED) is 0.558. The molecule has 0 bridgehead atoms. The van der Waals surface area contributed by atoms with Gasteiger partial charge in [0.2, 0.25) is 0 Å². The zero-order valence-corrected chi connectivity index (χ0v) is 13.7. The number of hydrogen-bond donors (Lipinski definition) is 2. The van der Waals surface area contributed by atoms with Gasteiger partial charge in [0.15, 0.2) is 0 Å². The van der Waals surface area contributed by atoms with Crippen LogP contribution in [0.5, 0.6) is 0 Å². The van der Waals surface area contributed by atoms with Crippen LogP contribution < -0.4 is 10.6 Å². The minimum absolute atomic E-state index is 0.190. The number of furan rings is 1. The molecule has 4 rings (SSSR count). The number of rotatable bonds is 3. The van der Waals surface area contributed by atoms with Gasteiger partial charge in [-0.2, -0.15) is 0 Å². The van der Waals surface area contributed by atoms with Gasteiger partial charge in [-0.25, -0.2) is 0 Å². The lowest BCUT2D eigenvalue weighted by atomic mass is 10.1. The van der Waals surface area contributed by atoms with E-state index in [4.69, 9.17) is 4.42 Å². The van der Waals surface area contributed by atoms with Crippen LogP contribution in [0, 0.1) is 0 Å². The molecule has 2 heterocycles. The fourth-order valence-electron chi connectivity index (χ4n) is 2.75. The van der Waals surface area contributed by atoms with E-state index >= 15 is 0 Å². The number of fused-ring (bicyclic) bond motifs is 3. The number of amides is 2. The van der Waals surface area contributed by atoms with Gasteiger partial charge in [-0.1, -0.05) is 24.3 Å². The molecule has 4 aromatic rings. The molecule has 2 amide bonds. The Morgan fingerprint density at radius 3 is 2.54 bits per heavy atom. The van der Waals surface area contributed by atoms with Gasteiger partial charge < -0.3 is 15.1 Å². The van der Waals surface area contributed by atoms with Crippen molar-refractivity contribution in [3.8, 4) is 0 Å². The maximum Gasteiger partial charge on any atom is 0.313 e. The second kappa shape index (κ2) is 6.68. The van der Waals surface area contributed by atoms with Crippen LogP contribution in [0.25, 0.3) is 21.9 Å². The van der Waals surface area contributed by atoms with Crippen LogP contribution in [-0.4, -0.2) is 16.8 Å². The van der Waals surface area contributed by atoms with E-state index in [2.05, 4.69) is 15.6 Å². The largest absolute Gasteiger partial charge is 0.456 e. The fourth-order valence-corrected chi connectivity index (χ4v) is 2.75. The van der Waals surface area contributed by atoms with Crippen LogP contribution in [0.15, 0.2) is 71.3 Å². The first kappa shape index (κ1) is 15.8. The summed E-state index contributed by atoms with van der Waals surface area (Å²) >= 11 is 0. The zero-order valence-electron chi connectivity index (χ0n) is 13.7. The molecule has 0 unspecified atom stereocenters. The van der Waals surface area contributed by atoms with Crippen LogP contribution in [0.1, 0.15) is 5.69 Å². The van der Waals surface area contributed by atoms with E-state index in [-0.39, 0.29) is 6.54 Å². The number of pyridine rings is 1. The van der Waals surface area contributed by atoms with E-state index in [0.717, 1.165) is 16.4 Å². The van der Waals surface area contributed by atoms with Crippen molar-refractivity contribution in [1.82, 2.24) is 10.3 Å². The Labute approximate surface area is 148 Å². The molecule has 0 saturated heterocycles. The lowest BCUT2D eigenvalue weighted by molar-refractivity contribution is -0.136. The predicted octanol–water partition coefficient (Wildman–Crippen LogP) is 3.24. The van der Waals surface area contributed by atoms with Gasteiger partial charge in [-0.15, -0.1) is 0 Å². The summed E-state index contributed by atoms with van der Waals surface area (Å²) in [6, 6.07) is 18.4. The minimum Gasteiger partial charge on any atom is -0.456 e. The Balaban J connectivity index is 1.46. The van der Waals surface area contributed by atoms with Crippen molar-refractivity contribution in [3.63, 3.8) is 0 Å². The standard InChI is InChI=1S/C20H15N3O3/c24-19(22-12-14-5-3-4-10-21-14)20(25)23-13-8-9-16-15-6-1-2-7-17(15)26-18(16)11-13/h1-11H,12H2,(H,22,24)(H,23,25). The van der Waals surface area contributed by atoms with E-state index in [0.29, 0.717) is 17.0 Å². The van der Waals surface area contributed by atoms with Crippen LogP contribution in [0.4, 0.5) is 5.69 Å². The number of carbonyl (C=O) groups is 2. The summed E-state index contributed by atoms with van der Waals surface area (Å²) in [4.78, 5) is 28.1. The molecule has 0 radical (unpaired) electrons. The topological polar surface area (TPSA) is 84.2 Å². The van der Waals surface area contributed by atoms with Gasteiger partial charge in [0.25, 0.3) is 0 Å². The summed E-state index contributed by atoms with van der Waals surface area (Å²) in [5.74, 6) is -1.46. The monoisotopic (exact) mass is 345 g/mol. The van der Waals surface area contributed by atoms with Crippen molar-refractivity contribution in [3.05, 3.63) is 72.6 Å². The number of carbonyl (C=O) groups excluding carboxylic acids is 2. The number of hydrogen-bond acceptors (Lipinski definition) is 4. The van der Waals surface area contributed by atoms with Gasteiger partial charge in [0.1, 0.15) is 11.2 Å². The van der Waals surface area contributed by atoms with Crippen LogP contribution in [-0.2, 0) is 16.1 Å². The lowest BCUT2D eigenvalue weighted by Crippen LogP contribution is -2.35. The average molecular weight is 345 g/mol. The van der Waals surface area contributed by atoms with Gasteiger partial charge in [-0.3, -0.25) is 14.6 Å². The number of para-hydroxylation sites is 1. The van der Waals surface area contributed by atoms with Crippen molar-refractivity contribution in [2.24, 2.45) is 0 Å². The molecular weight excluding hydrogens is 330 g/mol. The second-order valence-corrected chi connectivity index (χ2v) is 5.77. The molecule has 0 fully saturated rings. The van der Waals surface area contributed by atoms with Crippen molar-refractivity contribution in [1.29, 1.82) is 0 Å². The zero-order chi connectivity index (χ0) is 17.9. The van der Waals surface area contributed by atoms with Crippen molar-refractivity contribution in [2.45, 2.75) is 6.54 Å². The summed E-state index contributed by atoms with van der Waals surface area (Å²) in [5.41, 5.74) is 2.60. The number of benzene rings is 2. The summed E-state index contributed by atoms with van der Waals surface area (Å²) < 4.78 is 5.78. The smallest absolute Gasteiger partial charge is 0.313 e. The molecule has 0 saturated carbocycles. The molecule has 0 spiro atoms. The summed E-state index contributed by atoms with van der Waals surface area (Å²) in [7, 11) is 0. The third-order valence-corrected chi connectivity index (χ3v) is 4.00. The Bertz CT molecular complexity index is 1100. The number of nitrogens with one attached hydrogen (secondary N) is 2.